The van der Waals surface area contributed by atoms with Gasteiger partial charge in [0.25, 0.3) is 0 Å². The molecule has 0 saturated carbocycles. The molecule has 0 bridgehead atoms. The lowest BCUT2D eigenvalue weighted by molar-refractivity contribution is 0.909. The Kier molecular flexibility index (Phi) is 2.61. The van der Waals surface area contributed by atoms with Crippen LogP contribution in [0.5, 0.6) is 0 Å². The van der Waals surface area contributed by atoms with Crippen molar-refractivity contribution in [3.8, 4) is 0 Å². The zero-order valence-electron chi connectivity index (χ0n) is 7.74. The highest BCUT2D eigenvalue weighted by atomic mass is 14.0. The molecule has 0 heteroatoms. The molecule has 1 aromatic rings. The molecule has 0 N–H and O–H groups in total. The molecule has 0 spiro atoms. The average Bonchev–Trinajstić information content (AvgIpc) is 2.21. The summed E-state index contributed by atoms with van der Waals surface area (Å²) in [6.45, 7) is 0. The molecule has 2 rings (SSSR count). The van der Waals surface area contributed by atoms with Gasteiger partial charge in [-0.2, -0.15) is 0 Å². The van der Waals surface area contributed by atoms with Crippen LogP contribution < -0.4 is 0 Å². The summed E-state index contributed by atoms with van der Waals surface area (Å²) in [4.78, 5) is 0. The smallest absolute Gasteiger partial charge is 0.0135 e. The van der Waals surface area contributed by atoms with Gasteiger partial charge < -0.3 is 0 Å². The van der Waals surface area contributed by atoms with Crippen molar-refractivity contribution >= 4 is 6.08 Å². The van der Waals surface area contributed by atoms with Gasteiger partial charge in [-0.3, -0.25) is 0 Å². The SMILES string of the molecule is C1=CC/C(=C/c2ccccc2)CC1. The van der Waals surface area contributed by atoms with Crippen LogP contribution in [0.1, 0.15) is 24.8 Å². The summed E-state index contributed by atoms with van der Waals surface area (Å²) in [5.74, 6) is 0. The van der Waals surface area contributed by atoms with Gasteiger partial charge in [-0.15, -0.1) is 0 Å². The van der Waals surface area contributed by atoms with Gasteiger partial charge in [-0.05, 0) is 24.8 Å². The van der Waals surface area contributed by atoms with Crippen LogP contribution in [0.15, 0.2) is 48.1 Å². The van der Waals surface area contributed by atoms with Gasteiger partial charge in [-0.25, -0.2) is 0 Å². The Balaban J connectivity index is 2.16. The Morgan fingerprint density at radius 3 is 2.54 bits per heavy atom. The molecule has 0 atom stereocenters. The van der Waals surface area contributed by atoms with Crippen molar-refractivity contribution in [2.24, 2.45) is 0 Å². The summed E-state index contributed by atoms with van der Waals surface area (Å²) in [6.07, 6.45) is 10.4. The van der Waals surface area contributed by atoms with E-state index in [0.29, 0.717) is 0 Å². The minimum Gasteiger partial charge on any atom is -0.0879 e. The third-order valence-electron chi connectivity index (χ3n) is 2.35. The van der Waals surface area contributed by atoms with Gasteiger partial charge in [0.05, 0.1) is 0 Å². The quantitative estimate of drug-likeness (QED) is 0.562. The normalized spacial score (nSPS) is 19.2. The molecule has 0 heterocycles. The lowest BCUT2D eigenvalue weighted by atomic mass is 9.99. The molecule has 0 fully saturated rings. The van der Waals surface area contributed by atoms with Crippen molar-refractivity contribution in [1.29, 1.82) is 0 Å². The fraction of sp³-hybridized carbons (Fsp3) is 0.231. The van der Waals surface area contributed by atoms with E-state index in [4.69, 9.17) is 0 Å². The maximum absolute atomic E-state index is 2.31. The van der Waals surface area contributed by atoms with Crippen LogP contribution in [0.4, 0.5) is 0 Å². The summed E-state index contributed by atoms with van der Waals surface area (Å²) in [7, 11) is 0. The summed E-state index contributed by atoms with van der Waals surface area (Å²) < 4.78 is 0. The maximum Gasteiger partial charge on any atom is -0.0135 e. The van der Waals surface area contributed by atoms with E-state index in [1.54, 1.807) is 5.57 Å². The lowest BCUT2D eigenvalue weighted by Crippen LogP contribution is -1.87. The molecule has 0 nitrogen and oxygen atoms in total. The molecule has 1 aliphatic carbocycles. The highest BCUT2D eigenvalue weighted by Gasteiger charge is 1.99. The molecule has 66 valence electrons. The third-order valence-corrected chi connectivity index (χ3v) is 2.35. The van der Waals surface area contributed by atoms with Crippen LogP contribution in [-0.4, -0.2) is 0 Å². The van der Waals surface area contributed by atoms with Crippen LogP contribution in [-0.2, 0) is 0 Å². The zero-order chi connectivity index (χ0) is 8.93. The van der Waals surface area contributed by atoms with Crippen LogP contribution in [0.25, 0.3) is 6.08 Å². The first kappa shape index (κ1) is 8.31. The molecular weight excluding hydrogens is 156 g/mol. The molecule has 0 amide bonds. The molecule has 0 aliphatic heterocycles. The van der Waals surface area contributed by atoms with Crippen molar-refractivity contribution in [2.45, 2.75) is 19.3 Å². The van der Waals surface area contributed by atoms with Crippen molar-refractivity contribution in [2.75, 3.05) is 0 Å². The van der Waals surface area contributed by atoms with Gasteiger partial charge in [-0.1, -0.05) is 54.1 Å². The largest absolute Gasteiger partial charge is 0.0879 e. The second-order valence-electron chi connectivity index (χ2n) is 3.43. The van der Waals surface area contributed by atoms with E-state index in [2.05, 4.69) is 48.6 Å². The molecule has 1 aliphatic rings. The summed E-state index contributed by atoms with van der Waals surface area (Å²) in [5.41, 5.74) is 2.88. The highest BCUT2D eigenvalue weighted by molar-refractivity contribution is 5.53. The fourth-order valence-electron chi connectivity index (χ4n) is 1.64. The van der Waals surface area contributed by atoms with Gasteiger partial charge in [0.2, 0.25) is 0 Å². The average molecular weight is 170 g/mol. The zero-order valence-corrected chi connectivity index (χ0v) is 7.74. The number of benzene rings is 1. The number of hydrogen-bond acceptors (Lipinski definition) is 0. The first-order valence-corrected chi connectivity index (χ1v) is 4.84. The van der Waals surface area contributed by atoms with Gasteiger partial charge in [0, 0.05) is 0 Å². The van der Waals surface area contributed by atoms with Crippen molar-refractivity contribution < 1.29 is 0 Å². The minimum absolute atomic E-state index is 1.13. The lowest BCUT2D eigenvalue weighted by Gasteiger charge is -2.07. The van der Waals surface area contributed by atoms with E-state index in [-0.39, 0.29) is 0 Å². The van der Waals surface area contributed by atoms with Gasteiger partial charge in [0.15, 0.2) is 0 Å². The Hall–Kier alpha value is -1.30. The number of rotatable bonds is 1. The van der Waals surface area contributed by atoms with Gasteiger partial charge in [0.1, 0.15) is 0 Å². The van der Waals surface area contributed by atoms with Crippen LogP contribution >= 0.6 is 0 Å². The predicted molar refractivity (Wildman–Crippen MR) is 57.4 cm³/mol. The minimum atomic E-state index is 1.13. The molecular formula is C13H14. The molecule has 13 heavy (non-hydrogen) atoms. The Labute approximate surface area is 79.6 Å². The van der Waals surface area contributed by atoms with Crippen LogP contribution in [0.3, 0.4) is 0 Å². The Bertz CT molecular complexity index is 317. The molecule has 0 saturated heterocycles. The molecule has 1 aromatic carbocycles. The monoisotopic (exact) mass is 170 g/mol. The molecule has 0 radical (unpaired) electrons. The second-order valence-corrected chi connectivity index (χ2v) is 3.43. The predicted octanol–water partition coefficient (Wildman–Crippen LogP) is 3.81. The molecule has 0 aromatic heterocycles. The summed E-state index contributed by atoms with van der Waals surface area (Å²) in [5, 5.41) is 0. The first-order valence-electron chi connectivity index (χ1n) is 4.84. The summed E-state index contributed by atoms with van der Waals surface area (Å²) in [6, 6.07) is 10.6. The van der Waals surface area contributed by atoms with Crippen LogP contribution in [0, 0.1) is 0 Å². The van der Waals surface area contributed by atoms with E-state index in [9.17, 15) is 0 Å². The van der Waals surface area contributed by atoms with Gasteiger partial charge >= 0.3 is 0 Å². The number of hydrogen-bond donors (Lipinski definition) is 0. The Morgan fingerprint density at radius 2 is 1.85 bits per heavy atom. The summed E-state index contributed by atoms with van der Waals surface area (Å²) >= 11 is 0. The van der Waals surface area contributed by atoms with Crippen molar-refractivity contribution in [3.63, 3.8) is 0 Å². The van der Waals surface area contributed by atoms with E-state index in [0.717, 1.165) is 6.42 Å². The maximum atomic E-state index is 2.31. The Morgan fingerprint density at radius 1 is 1.00 bits per heavy atom. The number of allylic oxidation sites excluding steroid dienone is 3. The van der Waals surface area contributed by atoms with Crippen molar-refractivity contribution in [1.82, 2.24) is 0 Å². The fourth-order valence-corrected chi connectivity index (χ4v) is 1.64. The third kappa shape index (κ3) is 2.32. The van der Waals surface area contributed by atoms with E-state index in [1.807, 2.05) is 0 Å². The topological polar surface area (TPSA) is 0 Å². The standard InChI is InChI=1S/C13H14/c1-3-7-12(8-4-1)11-13-9-5-2-6-10-13/h1-5,7-8,11H,6,9-10H2/b13-11-. The van der Waals surface area contributed by atoms with E-state index in [1.165, 1.54) is 18.4 Å². The second kappa shape index (κ2) is 4.08. The molecule has 0 unspecified atom stereocenters. The van der Waals surface area contributed by atoms with Crippen LogP contribution in [0.2, 0.25) is 0 Å². The van der Waals surface area contributed by atoms with E-state index >= 15 is 0 Å². The van der Waals surface area contributed by atoms with Crippen molar-refractivity contribution in [3.05, 3.63) is 53.6 Å². The van der Waals surface area contributed by atoms with E-state index < -0.39 is 0 Å². The first-order chi connectivity index (χ1) is 6.45. The highest BCUT2D eigenvalue weighted by Crippen LogP contribution is 2.19.